The highest BCUT2D eigenvalue weighted by Gasteiger charge is 2.46. The molecular weight excluding hydrogens is 901 g/mol. The second kappa shape index (κ2) is 26.9. The maximum atomic E-state index is 14.8. The molecule has 2 aliphatic rings. The van der Waals surface area contributed by atoms with E-state index in [2.05, 4.69) is 31.6 Å². The number of phenolic OH excluding ortho intramolecular Hbond substituents is 1. The van der Waals surface area contributed by atoms with Crippen LogP contribution in [0.3, 0.4) is 0 Å². The number of aliphatic carboxylic acids is 1. The smallest absolute Gasteiger partial charge is 0.329 e. The maximum Gasteiger partial charge on any atom is 0.329 e. The molecule has 384 valence electrons. The van der Waals surface area contributed by atoms with Gasteiger partial charge in [0.15, 0.2) is 5.96 Å². The van der Waals surface area contributed by atoms with Crippen molar-refractivity contribution in [1.82, 2.24) is 36.4 Å². The molecular formula is C46H72N10O13. The number of unbranched alkanes of at least 4 members (excludes halogenated alkanes) is 2. The van der Waals surface area contributed by atoms with Gasteiger partial charge < -0.3 is 67.9 Å². The topological polar surface area (TPSA) is 355 Å². The van der Waals surface area contributed by atoms with Crippen molar-refractivity contribution in [2.45, 2.75) is 167 Å². The molecule has 2 aliphatic heterocycles. The molecule has 0 saturated carbocycles. The van der Waals surface area contributed by atoms with Gasteiger partial charge in [-0.1, -0.05) is 59.6 Å². The molecule has 2 saturated heterocycles. The van der Waals surface area contributed by atoms with E-state index in [1.54, 1.807) is 27.7 Å². The summed E-state index contributed by atoms with van der Waals surface area (Å²) in [5.74, 6) is -9.97. The predicted octanol–water partition coefficient (Wildman–Crippen LogP) is -0.749. The van der Waals surface area contributed by atoms with Crippen LogP contribution in [0, 0.1) is 11.8 Å². The number of guanidine groups is 1. The fourth-order valence-electron chi connectivity index (χ4n) is 8.04. The fraction of sp³-hybridized carbons (Fsp3) is 0.652. The van der Waals surface area contributed by atoms with Gasteiger partial charge in [-0.15, -0.1) is 0 Å². The van der Waals surface area contributed by atoms with E-state index in [-0.39, 0.29) is 69.1 Å². The molecule has 3 rings (SSSR count). The number of carboxylic acids is 1. The number of carbonyl (C=O) groups is 9. The third-order valence-electron chi connectivity index (χ3n) is 11.9. The molecule has 23 heteroatoms. The monoisotopic (exact) mass is 973 g/mol. The van der Waals surface area contributed by atoms with Crippen LogP contribution >= 0.6 is 0 Å². The molecule has 7 amide bonds. The number of nitrogens with two attached hydrogens (primary N) is 2. The predicted molar refractivity (Wildman–Crippen MR) is 250 cm³/mol. The zero-order valence-corrected chi connectivity index (χ0v) is 40.6. The van der Waals surface area contributed by atoms with E-state index in [9.17, 15) is 58.5 Å². The van der Waals surface area contributed by atoms with Crippen LogP contribution in [0.1, 0.15) is 111 Å². The summed E-state index contributed by atoms with van der Waals surface area (Å²) < 4.78 is 5.81. The minimum absolute atomic E-state index is 0.00409. The highest BCUT2D eigenvalue weighted by atomic mass is 16.5. The van der Waals surface area contributed by atoms with Gasteiger partial charge in [0.05, 0.1) is 6.42 Å². The number of hydrogen-bond donors (Lipinski definition) is 10. The number of piperidine rings is 1. The highest BCUT2D eigenvalue weighted by molar-refractivity contribution is 5.98. The number of benzene rings is 1. The number of nitrogens with zero attached hydrogens (tertiary/aromatic N) is 3. The summed E-state index contributed by atoms with van der Waals surface area (Å²) in [7, 11) is 1.34. The largest absolute Gasteiger partial charge is 0.508 e. The van der Waals surface area contributed by atoms with Crippen molar-refractivity contribution in [2.75, 3.05) is 13.6 Å². The Labute approximate surface area is 402 Å². The van der Waals surface area contributed by atoms with Crippen molar-refractivity contribution in [3.8, 4) is 5.75 Å². The highest BCUT2D eigenvalue weighted by Crippen LogP contribution is 2.26. The van der Waals surface area contributed by atoms with E-state index >= 15 is 0 Å². The van der Waals surface area contributed by atoms with Gasteiger partial charge in [0.1, 0.15) is 60.4 Å². The first-order valence-corrected chi connectivity index (χ1v) is 23.5. The Morgan fingerprint density at radius 2 is 1.57 bits per heavy atom. The molecule has 1 aromatic carbocycles. The lowest BCUT2D eigenvalue weighted by molar-refractivity contribution is -0.166. The quantitative estimate of drug-likeness (QED) is 0.0375. The van der Waals surface area contributed by atoms with E-state index in [4.69, 9.17) is 16.2 Å². The molecule has 0 aromatic heterocycles. The van der Waals surface area contributed by atoms with Crippen LogP contribution in [0.15, 0.2) is 29.3 Å². The second-order valence-electron chi connectivity index (χ2n) is 18.4. The van der Waals surface area contributed by atoms with Crippen molar-refractivity contribution in [3.63, 3.8) is 0 Å². The minimum atomic E-state index is -1.88. The van der Waals surface area contributed by atoms with Gasteiger partial charge in [0, 0.05) is 26.4 Å². The fourth-order valence-corrected chi connectivity index (χ4v) is 8.04. The number of aliphatic imine (C=N–C) groups is 1. The van der Waals surface area contributed by atoms with Crippen molar-refractivity contribution in [1.29, 1.82) is 0 Å². The first-order valence-electron chi connectivity index (χ1n) is 23.5. The van der Waals surface area contributed by atoms with E-state index in [1.807, 2.05) is 6.92 Å². The molecule has 0 aliphatic carbocycles. The van der Waals surface area contributed by atoms with Gasteiger partial charge in [0.25, 0.3) is 0 Å². The van der Waals surface area contributed by atoms with Gasteiger partial charge in [-0.25, -0.2) is 4.79 Å². The number of likely N-dealkylation sites (N-methyl/N-ethyl adjacent to an activating group) is 1. The molecule has 9 unspecified atom stereocenters. The summed E-state index contributed by atoms with van der Waals surface area (Å²) in [5.41, 5.74) is 11.5. The van der Waals surface area contributed by atoms with Crippen LogP contribution in [-0.2, 0) is 54.3 Å². The molecule has 0 radical (unpaired) electrons. The molecule has 1 aromatic rings. The summed E-state index contributed by atoms with van der Waals surface area (Å²) in [6.45, 7) is 9.92. The number of aliphatic hydroxyl groups is 1. The normalized spacial score (nSPS) is 24.7. The number of nitrogens with one attached hydrogen (secondary N) is 5. The Hall–Kier alpha value is -6.52. The average molecular weight is 973 g/mol. The lowest BCUT2D eigenvalue weighted by Gasteiger charge is -2.43. The number of carboxylic acid groups (broad SMARTS) is 1. The van der Waals surface area contributed by atoms with E-state index in [0.29, 0.717) is 18.4 Å². The van der Waals surface area contributed by atoms with E-state index < -0.39 is 120 Å². The maximum absolute atomic E-state index is 14.8. The number of aliphatic hydroxyl groups excluding tert-OH is 1. The van der Waals surface area contributed by atoms with E-state index in [0.717, 1.165) is 16.2 Å². The lowest BCUT2D eigenvalue weighted by atomic mass is 9.94. The molecule has 2 heterocycles. The Balaban J connectivity index is 2.23. The number of aromatic hydroxyl groups is 1. The molecule has 12 N–H and O–H groups in total. The van der Waals surface area contributed by atoms with Crippen LogP contribution in [0.2, 0.25) is 0 Å². The van der Waals surface area contributed by atoms with Gasteiger partial charge in [-0.3, -0.25) is 43.3 Å². The molecule has 2 bridgehead atoms. The first kappa shape index (κ1) is 56.8. The number of amides is 7. The standard InChI is InChI=1S/C46H72N10O13/c1-8-9-10-13-34(58)50-31(23-36(60)61)40(63)54-38-26(6)69-45(68)37(25(4)5)53-41(64)32(22-27-14-16-28(57)17-15-27)55(7)44(67)33(21-24(2)3)56-35(59)19-18-30(43(56)66)52-39(62)29(51-42(38)65)12-11-20-49-46(47)48/h14-17,24-26,29-33,35,37-38,57,59H,8-13,18-23H2,1-7H3,(H,50,58)(H,51,65)(H,52,62)(H,53,64)(H,54,63)(H,60,61)(H4,47,48,49). The number of hydrogen-bond acceptors (Lipinski definition) is 13. The number of fused-ring (bicyclic) bond motifs is 2. The van der Waals surface area contributed by atoms with E-state index in [1.165, 1.54) is 38.2 Å². The minimum Gasteiger partial charge on any atom is -0.508 e. The zero-order valence-electron chi connectivity index (χ0n) is 40.6. The third kappa shape index (κ3) is 17.2. The van der Waals surface area contributed by atoms with Gasteiger partial charge >= 0.3 is 11.9 Å². The zero-order chi connectivity index (χ0) is 51.7. The van der Waals surface area contributed by atoms with Crippen LogP contribution < -0.4 is 38.1 Å². The third-order valence-corrected chi connectivity index (χ3v) is 11.9. The summed E-state index contributed by atoms with van der Waals surface area (Å²) in [6, 6.07) is -4.74. The molecule has 9 atom stereocenters. The number of esters is 1. The van der Waals surface area contributed by atoms with Crippen LogP contribution in [-0.4, -0.2) is 153 Å². The lowest BCUT2D eigenvalue weighted by Crippen LogP contribution is -2.65. The summed E-state index contributed by atoms with van der Waals surface area (Å²) in [4.78, 5) is 131. The summed E-state index contributed by atoms with van der Waals surface area (Å²) in [5, 5.41) is 43.8. The SMILES string of the molecule is CCCCCC(=O)NC(CC(=O)O)C(=O)NC1C(=O)NC(CCCN=C(N)N)C(=O)NC2CCC(O)N(C2=O)C(CC(C)C)C(=O)N(C)C(Cc2ccc(O)cc2)C(=O)NC(C(C)C)C(=O)OC1C. The number of phenols is 1. The number of carbonyl (C=O) groups excluding carboxylic acids is 8. The Morgan fingerprint density at radius 1 is 0.899 bits per heavy atom. The second-order valence-corrected chi connectivity index (χ2v) is 18.4. The van der Waals surface area contributed by atoms with Crippen LogP contribution in [0.4, 0.5) is 0 Å². The van der Waals surface area contributed by atoms with Gasteiger partial charge in [-0.05, 0) is 75.0 Å². The number of cyclic esters (lactones) is 1. The summed E-state index contributed by atoms with van der Waals surface area (Å²) in [6.07, 6.45) is -2.47. The number of ether oxygens (including phenoxy) is 1. The average Bonchev–Trinajstić information content (AvgIpc) is 3.26. The van der Waals surface area contributed by atoms with Crippen molar-refractivity contribution in [3.05, 3.63) is 29.8 Å². The summed E-state index contributed by atoms with van der Waals surface area (Å²) >= 11 is 0. The van der Waals surface area contributed by atoms with Crippen LogP contribution in [0.25, 0.3) is 0 Å². The van der Waals surface area contributed by atoms with Gasteiger partial charge in [0.2, 0.25) is 41.4 Å². The Kier molecular flexibility index (Phi) is 22.1. The van der Waals surface area contributed by atoms with Crippen LogP contribution in [0.5, 0.6) is 5.75 Å². The molecule has 0 spiro atoms. The van der Waals surface area contributed by atoms with Crippen molar-refractivity contribution < 1.29 is 63.2 Å². The Morgan fingerprint density at radius 3 is 2.16 bits per heavy atom. The Bertz CT molecular complexity index is 2010. The van der Waals surface area contributed by atoms with Gasteiger partial charge in [-0.2, -0.15) is 0 Å². The first-order chi connectivity index (χ1) is 32.4. The molecule has 2 fully saturated rings. The van der Waals surface area contributed by atoms with Crippen molar-refractivity contribution in [2.24, 2.45) is 28.3 Å². The molecule has 69 heavy (non-hydrogen) atoms. The van der Waals surface area contributed by atoms with Crippen molar-refractivity contribution >= 4 is 59.2 Å². The molecule has 23 nitrogen and oxygen atoms in total. The number of rotatable bonds is 18.